The minimum Gasteiger partial charge on any atom is -0.384 e. The number of hydrogen-bond donors (Lipinski definition) is 2. The topological polar surface area (TPSA) is 97.1 Å². The minimum atomic E-state index is -3.82. The number of aliphatic hydroxyl groups is 1. The van der Waals surface area contributed by atoms with Crippen molar-refractivity contribution in [2.24, 2.45) is 7.05 Å². The highest BCUT2D eigenvalue weighted by Gasteiger charge is 2.19. The zero-order chi connectivity index (χ0) is 14.6. The molecule has 0 aliphatic rings. The zero-order valence-electron chi connectivity index (χ0n) is 10.6. The molecule has 0 spiro atoms. The highest BCUT2D eigenvalue weighted by atomic mass is 32.2. The van der Waals surface area contributed by atoms with Crippen LogP contribution >= 0.6 is 0 Å². The van der Waals surface area contributed by atoms with Crippen molar-refractivity contribution in [1.29, 1.82) is 0 Å². The Morgan fingerprint density at radius 1 is 1.40 bits per heavy atom. The third kappa shape index (κ3) is 2.96. The lowest BCUT2D eigenvalue weighted by atomic mass is 10.2. The second kappa shape index (κ2) is 5.73. The molecule has 0 saturated heterocycles. The molecule has 0 amide bonds. The van der Waals surface area contributed by atoms with E-state index in [-0.39, 0.29) is 17.5 Å². The smallest absolute Gasteiger partial charge is 0.265 e. The largest absolute Gasteiger partial charge is 0.384 e. The summed E-state index contributed by atoms with van der Waals surface area (Å²) in [5.74, 6) is 5.14. The van der Waals surface area contributed by atoms with Gasteiger partial charge < -0.3 is 5.11 Å². The Morgan fingerprint density at radius 2 is 2.15 bits per heavy atom. The van der Waals surface area contributed by atoms with E-state index < -0.39 is 10.0 Å². The molecule has 0 aliphatic carbocycles. The fraction of sp³-hybridized carbons (Fsp3) is 0.167. The van der Waals surface area contributed by atoms with Gasteiger partial charge in [0, 0.05) is 12.6 Å². The molecule has 0 bridgehead atoms. The van der Waals surface area contributed by atoms with Gasteiger partial charge in [-0.3, -0.25) is 0 Å². The summed E-state index contributed by atoms with van der Waals surface area (Å²) in [5.41, 5.74) is 0.302. The Labute approximate surface area is 116 Å². The fourth-order valence-corrected chi connectivity index (χ4v) is 2.70. The number of aliphatic hydroxyl groups excluding tert-OH is 1. The van der Waals surface area contributed by atoms with Crippen LogP contribution in [0.3, 0.4) is 0 Å². The number of benzene rings is 1. The van der Waals surface area contributed by atoms with E-state index in [0.29, 0.717) is 5.56 Å². The van der Waals surface area contributed by atoms with E-state index in [9.17, 15) is 8.42 Å². The van der Waals surface area contributed by atoms with Gasteiger partial charge in [-0.25, -0.2) is 17.8 Å². The normalized spacial score (nSPS) is 10.7. The lowest BCUT2D eigenvalue weighted by molar-refractivity contribution is 0.350. The molecule has 2 N–H and O–H groups in total. The minimum absolute atomic E-state index is 0.0175. The van der Waals surface area contributed by atoms with Crippen LogP contribution < -0.4 is 4.72 Å². The van der Waals surface area contributed by atoms with Crippen LogP contribution in [0.2, 0.25) is 0 Å². The Morgan fingerprint density at radius 3 is 2.80 bits per heavy atom. The second-order valence-corrected chi connectivity index (χ2v) is 5.42. The predicted molar refractivity (Wildman–Crippen MR) is 72.2 cm³/mol. The van der Waals surface area contributed by atoms with Gasteiger partial charge in [-0.15, -0.1) is 0 Å². The summed E-state index contributed by atoms with van der Waals surface area (Å²) in [5, 5.41) is 12.5. The first kappa shape index (κ1) is 14.0. The number of nitrogens with zero attached hydrogens (tertiary/aromatic N) is 3. The van der Waals surface area contributed by atoms with Gasteiger partial charge in [-0.05, 0) is 12.1 Å². The van der Waals surface area contributed by atoms with E-state index in [0.717, 1.165) is 0 Å². The molecule has 0 unspecified atom stereocenters. The molecule has 1 aromatic heterocycles. The first-order valence-corrected chi connectivity index (χ1v) is 7.08. The van der Waals surface area contributed by atoms with Crippen molar-refractivity contribution in [2.45, 2.75) is 4.90 Å². The number of aromatic nitrogens is 3. The summed E-state index contributed by atoms with van der Waals surface area (Å²) < 4.78 is 28.3. The maximum atomic E-state index is 12.3. The monoisotopic (exact) mass is 292 g/mol. The van der Waals surface area contributed by atoms with Crippen LogP contribution in [0, 0.1) is 11.8 Å². The molecule has 2 aromatic rings. The van der Waals surface area contributed by atoms with Gasteiger partial charge in [0.25, 0.3) is 10.0 Å². The fourth-order valence-electron chi connectivity index (χ4n) is 1.50. The van der Waals surface area contributed by atoms with E-state index in [2.05, 4.69) is 26.6 Å². The number of rotatable bonds is 3. The molecule has 1 aromatic carbocycles. The summed E-state index contributed by atoms with van der Waals surface area (Å²) in [6.07, 6.45) is 1.25. The third-order valence-electron chi connectivity index (χ3n) is 2.42. The number of nitrogens with one attached hydrogen (secondary N) is 1. The zero-order valence-corrected chi connectivity index (χ0v) is 11.4. The summed E-state index contributed by atoms with van der Waals surface area (Å²) in [7, 11) is -2.25. The third-order valence-corrected chi connectivity index (χ3v) is 3.80. The van der Waals surface area contributed by atoms with Crippen LogP contribution in [0.1, 0.15) is 5.56 Å². The molecule has 2 rings (SSSR count). The van der Waals surface area contributed by atoms with Gasteiger partial charge in [-0.1, -0.05) is 24.0 Å². The van der Waals surface area contributed by atoms with Crippen LogP contribution in [-0.2, 0) is 17.1 Å². The van der Waals surface area contributed by atoms with Gasteiger partial charge in [0.15, 0.2) is 0 Å². The van der Waals surface area contributed by atoms with Crippen LogP contribution in [0.4, 0.5) is 5.95 Å². The van der Waals surface area contributed by atoms with Crippen LogP contribution in [0.5, 0.6) is 0 Å². The van der Waals surface area contributed by atoms with Crippen molar-refractivity contribution in [1.82, 2.24) is 14.8 Å². The molecular formula is C12H12N4O3S. The molecule has 0 fully saturated rings. The Bertz CT molecular complexity index is 771. The van der Waals surface area contributed by atoms with Crippen molar-refractivity contribution in [3.63, 3.8) is 0 Å². The standard InChI is InChI=1S/C12H12N4O3S/c1-16-12(13-9-14-16)15-20(18,19)11-7-3-2-5-10(11)6-4-8-17/h2-3,5,7,9,17H,8H2,1H3,(H,13,14,15). The highest BCUT2D eigenvalue weighted by Crippen LogP contribution is 2.17. The molecule has 104 valence electrons. The highest BCUT2D eigenvalue weighted by molar-refractivity contribution is 7.92. The Hall–Kier alpha value is -2.37. The molecule has 0 radical (unpaired) electrons. The average molecular weight is 292 g/mol. The summed E-state index contributed by atoms with van der Waals surface area (Å²) in [6.45, 7) is -0.342. The number of sulfonamides is 1. The van der Waals surface area contributed by atoms with E-state index in [4.69, 9.17) is 5.11 Å². The Kier molecular flexibility index (Phi) is 4.02. The van der Waals surface area contributed by atoms with Crippen LogP contribution in [0.15, 0.2) is 35.5 Å². The SMILES string of the molecule is Cn1ncnc1NS(=O)(=O)c1ccccc1C#CCO. The number of hydrogen-bond acceptors (Lipinski definition) is 5. The molecule has 0 saturated carbocycles. The lowest BCUT2D eigenvalue weighted by Gasteiger charge is -2.08. The van der Waals surface area contributed by atoms with Crippen LogP contribution in [-0.4, -0.2) is 34.9 Å². The second-order valence-electron chi connectivity index (χ2n) is 3.77. The summed E-state index contributed by atoms with van der Waals surface area (Å²) >= 11 is 0. The van der Waals surface area contributed by atoms with Crippen molar-refractivity contribution < 1.29 is 13.5 Å². The molecule has 20 heavy (non-hydrogen) atoms. The van der Waals surface area contributed by atoms with Gasteiger partial charge in [0.1, 0.15) is 17.8 Å². The maximum absolute atomic E-state index is 12.3. The van der Waals surface area contributed by atoms with E-state index in [1.165, 1.54) is 17.1 Å². The van der Waals surface area contributed by atoms with E-state index in [1.54, 1.807) is 25.2 Å². The molecule has 0 atom stereocenters. The predicted octanol–water partition coefficient (Wildman–Crippen LogP) is -0.0403. The van der Waals surface area contributed by atoms with Crippen molar-refractivity contribution in [2.75, 3.05) is 11.3 Å². The molecule has 0 aliphatic heterocycles. The molecule has 7 nitrogen and oxygen atoms in total. The summed E-state index contributed by atoms with van der Waals surface area (Å²) in [6, 6.07) is 6.26. The van der Waals surface area contributed by atoms with Gasteiger partial charge in [-0.2, -0.15) is 10.1 Å². The van der Waals surface area contributed by atoms with Crippen LogP contribution in [0.25, 0.3) is 0 Å². The maximum Gasteiger partial charge on any atom is 0.265 e. The lowest BCUT2D eigenvalue weighted by Crippen LogP contribution is -2.17. The number of aryl methyl sites for hydroxylation is 1. The van der Waals surface area contributed by atoms with Gasteiger partial charge >= 0.3 is 0 Å². The average Bonchev–Trinajstić information content (AvgIpc) is 2.81. The van der Waals surface area contributed by atoms with E-state index >= 15 is 0 Å². The first-order chi connectivity index (χ1) is 9.54. The molecular weight excluding hydrogens is 280 g/mol. The van der Waals surface area contributed by atoms with Crippen molar-refractivity contribution in [3.8, 4) is 11.8 Å². The quantitative estimate of drug-likeness (QED) is 0.774. The van der Waals surface area contributed by atoms with Gasteiger partial charge in [0.05, 0.1) is 0 Å². The molecule has 8 heteroatoms. The first-order valence-electron chi connectivity index (χ1n) is 5.60. The molecule has 1 heterocycles. The van der Waals surface area contributed by atoms with E-state index in [1.807, 2.05) is 0 Å². The summed E-state index contributed by atoms with van der Waals surface area (Å²) in [4.78, 5) is 3.82. The van der Waals surface area contributed by atoms with Gasteiger partial charge in [0.2, 0.25) is 5.95 Å². The Balaban J connectivity index is 2.42. The van der Waals surface area contributed by atoms with Crippen molar-refractivity contribution in [3.05, 3.63) is 36.2 Å². The van der Waals surface area contributed by atoms with Crippen molar-refractivity contribution >= 4 is 16.0 Å². The number of anilines is 1.